The highest BCUT2D eigenvalue weighted by atomic mass is 79.9. The summed E-state index contributed by atoms with van der Waals surface area (Å²) in [5.74, 6) is 1.31. The van der Waals surface area contributed by atoms with Gasteiger partial charge in [-0.3, -0.25) is 0 Å². The number of nitrogens with zero attached hydrogens (tertiary/aromatic N) is 2. The molecule has 1 fully saturated rings. The largest absolute Gasteiger partial charge is 0.339 e. The number of rotatable bonds is 3. The Morgan fingerprint density at radius 2 is 2.11 bits per heavy atom. The number of thiophene rings is 1. The average molecular weight is 342 g/mol. The fraction of sp³-hybridized carbons (Fsp3) is 0.538. The van der Waals surface area contributed by atoms with E-state index >= 15 is 0 Å². The van der Waals surface area contributed by atoms with E-state index < -0.39 is 0 Å². The van der Waals surface area contributed by atoms with Crippen LogP contribution in [0.5, 0.6) is 0 Å². The minimum absolute atomic E-state index is 0.155. The quantitative estimate of drug-likeness (QED) is 0.922. The first-order valence-corrected chi connectivity index (χ1v) is 8.13. The van der Waals surface area contributed by atoms with Gasteiger partial charge in [-0.15, -0.1) is 11.3 Å². The fourth-order valence-corrected chi connectivity index (χ4v) is 3.91. The van der Waals surface area contributed by atoms with E-state index in [9.17, 15) is 0 Å². The highest BCUT2D eigenvalue weighted by Gasteiger charge is 2.30. The first-order valence-electron chi connectivity index (χ1n) is 6.52. The molecule has 0 saturated heterocycles. The maximum Gasteiger partial charge on any atom is 0.228 e. The molecule has 0 radical (unpaired) electrons. The van der Waals surface area contributed by atoms with Gasteiger partial charge in [0.1, 0.15) is 0 Å². The zero-order valence-electron chi connectivity index (χ0n) is 10.6. The minimum Gasteiger partial charge on any atom is -0.339 e. The van der Waals surface area contributed by atoms with Gasteiger partial charge in [0.25, 0.3) is 0 Å². The second kappa shape index (κ2) is 5.34. The van der Waals surface area contributed by atoms with E-state index in [0.29, 0.717) is 18.1 Å². The van der Waals surface area contributed by atoms with Crippen LogP contribution in [0.1, 0.15) is 38.0 Å². The van der Waals surface area contributed by atoms with Crippen LogP contribution in [-0.4, -0.2) is 15.7 Å². The Hall–Kier alpha value is -0.720. The van der Waals surface area contributed by atoms with Crippen molar-refractivity contribution in [1.29, 1.82) is 0 Å². The minimum atomic E-state index is -0.155. The predicted molar refractivity (Wildman–Crippen MR) is 79.0 cm³/mol. The Kier molecular flexibility index (Phi) is 3.73. The molecule has 2 heterocycles. The smallest absolute Gasteiger partial charge is 0.228 e. The van der Waals surface area contributed by atoms with Crippen LogP contribution >= 0.6 is 27.3 Å². The molecule has 4 nitrogen and oxygen atoms in total. The van der Waals surface area contributed by atoms with E-state index in [2.05, 4.69) is 26.1 Å². The van der Waals surface area contributed by atoms with Crippen LogP contribution in [0.2, 0.25) is 0 Å². The summed E-state index contributed by atoms with van der Waals surface area (Å²) in [6.45, 7) is 0. The molecule has 6 heteroatoms. The maximum absolute atomic E-state index is 6.41. The third-order valence-electron chi connectivity index (χ3n) is 3.61. The Morgan fingerprint density at radius 3 is 2.79 bits per heavy atom. The van der Waals surface area contributed by atoms with Gasteiger partial charge in [-0.05, 0) is 40.9 Å². The lowest BCUT2D eigenvalue weighted by Crippen LogP contribution is -2.43. The molecule has 0 unspecified atom stereocenters. The zero-order valence-corrected chi connectivity index (χ0v) is 13.0. The van der Waals surface area contributed by atoms with Gasteiger partial charge in [0.05, 0.1) is 8.66 Å². The number of hydrogen-bond donors (Lipinski definition) is 1. The van der Waals surface area contributed by atoms with Crippen LogP contribution in [0.4, 0.5) is 0 Å². The van der Waals surface area contributed by atoms with E-state index in [4.69, 9.17) is 10.3 Å². The molecule has 2 aromatic rings. The maximum atomic E-state index is 6.41. The van der Waals surface area contributed by atoms with Crippen LogP contribution < -0.4 is 5.73 Å². The Labute approximate surface area is 124 Å². The summed E-state index contributed by atoms with van der Waals surface area (Å²) in [4.78, 5) is 5.48. The number of halogens is 1. The topological polar surface area (TPSA) is 64.9 Å². The molecule has 2 aromatic heterocycles. The normalized spacial score (nSPS) is 18.6. The van der Waals surface area contributed by atoms with Gasteiger partial charge in [-0.2, -0.15) is 4.98 Å². The first-order chi connectivity index (χ1) is 9.15. The molecule has 3 rings (SSSR count). The lowest BCUT2D eigenvalue weighted by molar-refractivity contribution is 0.261. The Bertz CT molecular complexity index is 560. The van der Waals surface area contributed by atoms with Gasteiger partial charge >= 0.3 is 0 Å². The van der Waals surface area contributed by atoms with Gasteiger partial charge < -0.3 is 10.3 Å². The van der Waals surface area contributed by atoms with Crippen molar-refractivity contribution in [2.75, 3.05) is 0 Å². The monoisotopic (exact) mass is 341 g/mol. The molecule has 0 amide bonds. The molecule has 102 valence electrons. The molecule has 1 saturated carbocycles. The summed E-state index contributed by atoms with van der Waals surface area (Å²) in [5, 5.41) is 4.04. The van der Waals surface area contributed by atoms with Crippen molar-refractivity contribution in [2.24, 2.45) is 5.73 Å². The zero-order chi connectivity index (χ0) is 13.3. The standard InChI is InChI=1S/C13H16BrN3OS/c14-10-5-4-9(19-10)12-16-11(18-17-12)8-13(15)6-2-1-3-7-13/h4-5H,1-3,6-8,15H2. The molecule has 0 aromatic carbocycles. The van der Waals surface area contributed by atoms with Crippen LogP contribution in [0.15, 0.2) is 20.4 Å². The summed E-state index contributed by atoms with van der Waals surface area (Å²) >= 11 is 5.04. The molecule has 19 heavy (non-hydrogen) atoms. The second-order valence-electron chi connectivity index (χ2n) is 5.22. The molecule has 1 aliphatic carbocycles. The molecular formula is C13H16BrN3OS. The Morgan fingerprint density at radius 1 is 1.32 bits per heavy atom. The van der Waals surface area contributed by atoms with Crippen molar-refractivity contribution >= 4 is 27.3 Å². The van der Waals surface area contributed by atoms with Gasteiger partial charge in [-0.25, -0.2) is 0 Å². The molecule has 0 bridgehead atoms. The van der Waals surface area contributed by atoms with Crippen LogP contribution in [0.3, 0.4) is 0 Å². The molecule has 2 N–H and O–H groups in total. The highest BCUT2D eigenvalue weighted by molar-refractivity contribution is 9.11. The van der Waals surface area contributed by atoms with E-state index in [1.807, 2.05) is 12.1 Å². The first kappa shape index (κ1) is 13.3. The average Bonchev–Trinajstić information content (AvgIpc) is 2.98. The van der Waals surface area contributed by atoms with Gasteiger partial charge in [-0.1, -0.05) is 24.4 Å². The molecule has 0 atom stereocenters. The van der Waals surface area contributed by atoms with E-state index in [1.165, 1.54) is 19.3 Å². The summed E-state index contributed by atoms with van der Waals surface area (Å²) in [7, 11) is 0. The second-order valence-corrected chi connectivity index (χ2v) is 7.68. The van der Waals surface area contributed by atoms with Crippen LogP contribution in [-0.2, 0) is 6.42 Å². The number of hydrogen-bond acceptors (Lipinski definition) is 5. The molecule has 1 aliphatic rings. The third kappa shape index (κ3) is 3.07. The van der Waals surface area contributed by atoms with E-state index in [-0.39, 0.29) is 5.54 Å². The van der Waals surface area contributed by atoms with Crippen molar-refractivity contribution < 1.29 is 4.52 Å². The van der Waals surface area contributed by atoms with Crippen LogP contribution in [0, 0.1) is 0 Å². The fourth-order valence-electron chi connectivity index (χ4n) is 2.60. The number of aromatic nitrogens is 2. The van der Waals surface area contributed by atoms with Crippen molar-refractivity contribution in [3.8, 4) is 10.7 Å². The van der Waals surface area contributed by atoms with Gasteiger partial charge in [0.15, 0.2) is 0 Å². The lowest BCUT2D eigenvalue weighted by atomic mass is 9.80. The summed E-state index contributed by atoms with van der Waals surface area (Å²) in [6, 6.07) is 3.98. The predicted octanol–water partition coefficient (Wildman–Crippen LogP) is 3.76. The van der Waals surface area contributed by atoms with Crippen molar-refractivity contribution in [3.05, 3.63) is 21.8 Å². The van der Waals surface area contributed by atoms with Crippen LogP contribution in [0.25, 0.3) is 10.7 Å². The molecular weight excluding hydrogens is 326 g/mol. The molecule has 0 spiro atoms. The van der Waals surface area contributed by atoms with Crippen molar-refractivity contribution in [1.82, 2.24) is 10.1 Å². The summed E-state index contributed by atoms with van der Waals surface area (Å²) in [6.07, 6.45) is 6.49. The summed E-state index contributed by atoms with van der Waals surface area (Å²) in [5.41, 5.74) is 6.26. The van der Waals surface area contributed by atoms with Crippen molar-refractivity contribution in [2.45, 2.75) is 44.1 Å². The van der Waals surface area contributed by atoms with Gasteiger partial charge in [0.2, 0.25) is 11.7 Å². The summed E-state index contributed by atoms with van der Waals surface area (Å²) < 4.78 is 6.41. The lowest BCUT2D eigenvalue weighted by Gasteiger charge is -2.31. The Balaban J connectivity index is 1.74. The van der Waals surface area contributed by atoms with Gasteiger partial charge in [0, 0.05) is 12.0 Å². The third-order valence-corrected chi connectivity index (χ3v) is 5.23. The highest BCUT2D eigenvalue weighted by Crippen LogP contribution is 2.31. The van der Waals surface area contributed by atoms with Crippen molar-refractivity contribution in [3.63, 3.8) is 0 Å². The number of nitrogens with two attached hydrogens (primary N) is 1. The van der Waals surface area contributed by atoms with E-state index in [1.54, 1.807) is 11.3 Å². The molecule has 0 aliphatic heterocycles. The SMILES string of the molecule is NC1(Cc2nc(-c3ccc(Br)s3)no2)CCCCC1. The van der Waals surface area contributed by atoms with E-state index in [0.717, 1.165) is 21.5 Å².